The van der Waals surface area contributed by atoms with Crippen molar-refractivity contribution in [2.45, 2.75) is 42.7 Å². The van der Waals surface area contributed by atoms with E-state index in [1.54, 1.807) is 0 Å². The molecule has 5 aliphatic rings. The first-order valence-electron chi connectivity index (χ1n) is 7.02. The third-order valence-corrected chi connectivity index (χ3v) is 5.95. The highest BCUT2D eigenvalue weighted by Gasteiger charge is 2.85. The Balaban J connectivity index is 1.85. The van der Waals surface area contributed by atoms with Crippen molar-refractivity contribution in [3.8, 4) is 0 Å². The van der Waals surface area contributed by atoms with Crippen molar-refractivity contribution in [3.05, 3.63) is 24.3 Å². The van der Waals surface area contributed by atoms with Crippen molar-refractivity contribution in [3.63, 3.8) is 0 Å². The normalized spacial score (nSPS) is 58.7. The lowest BCUT2D eigenvalue weighted by Crippen LogP contribution is -2.66. The monoisotopic (exact) mass is 260 g/mol. The molecule has 0 aromatic carbocycles. The summed E-state index contributed by atoms with van der Waals surface area (Å²) in [6.45, 7) is 0. The summed E-state index contributed by atoms with van der Waals surface area (Å²) in [5.41, 5.74) is -1.67. The summed E-state index contributed by atoms with van der Waals surface area (Å²) in [7, 11) is 1.47. The molecule has 2 spiro atoms. The van der Waals surface area contributed by atoms with Gasteiger partial charge in [-0.3, -0.25) is 4.79 Å². The Morgan fingerprint density at radius 2 is 1.74 bits per heavy atom. The molecule has 1 aliphatic carbocycles. The number of hydrogen-bond acceptors (Lipinski definition) is 4. The number of carbonyl (C=O) groups excluding carboxylic acids is 1. The molecule has 0 amide bonds. The Morgan fingerprint density at radius 3 is 2.26 bits per heavy atom. The molecule has 4 heteroatoms. The van der Waals surface area contributed by atoms with Crippen molar-refractivity contribution in [2.75, 3.05) is 7.11 Å². The fourth-order valence-electron chi connectivity index (χ4n) is 5.52. The summed E-state index contributed by atoms with van der Waals surface area (Å²) in [5, 5.41) is 0. The predicted molar refractivity (Wildman–Crippen MR) is 65.3 cm³/mol. The molecule has 5 rings (SSSR count). The van der Waals surface area contributed by atoms with Gasteiger partial charge in [0.2, 0.25) is 0 Å². The standard InChI is InChI=1S/C15H16O4/c1-17-12(16)15-11-9-3-7-13(15,18-9)5-2-6-14(15)8-4-10(11)19-14/h3-4,7-11H,2,5-6H2,1H3/t9-,10+,11?,13+,14-,15?. The lowest BCUT2D eigenvalue weighted by Gasteiger charge is -2.52. The van der Waals surface area contributed by atoms with Crippen LogP contribution < -0.4 is 0 Å². The maximum absolute atomic E-state index is 12.8. The summed E-state index contributed by atoms with van der Waals surface area (Å²) in [6.07, 6.45) is 11.2. The molecule has 1 saturated carbocycles. The number of fused-ring (bicyclic) bond motifs is 4. The molecule has 4 heterocycles. The summed E-state index contributed by atoms with van der Waals surface area (Å²) in [5.74, 6) is -0.0776. The molecule has 4 bridgehead atoms. The number of esters is 1. The molecule has 2 saturated heterocycles. The van der Waals surface area contributed by atoms with E-state index in [2.05, 4.69) is 24.3 Å². The van der Waals surface area contributed by atoms with E-state index >= 15 is 0 Å². The van der Waals surface area contributed by atoms with Crippen LogP contribution in [-0.4, -0.2) is 36.5 Å². The SMILES string of the molecule is COC(=O)C12C3[C@@H]4C=C[C@@]1(CCC[C@]21C=C[C@H]3O1)O4. The molecule has 0 N–H and O–H groups in total. The van der Waals surface area contributed by atoms with Crippen molar-refractivity contribution in [1.82, 2.24) is 0 Å². The van der Waals surface area contributed by atoms with Gasteiger partial charge in [0, 0.05) is 5.92 Å². The van der Waals surface area contributed by atoms with Crippen molar-refractivity contribution in [1.29, 1.82) is 0 Å². The first kappa shape index (κ1) is 10.6. The highest BCUT2D eigenvalue weighted by Crippen LogP contribution is 2.74. The van der Waals surface area contributed by atoms with Gasteiger partial charge in [-0.1, -0.05) is 24.3 Å². The van der Waals surface area contributed by atoms with E-state index in [9.17, 15) is 4.79 Å². The maximum atomic E-state index is 12.8. The van der Waals surface area contributed by atoms with E-state index in [0.717, 1.165) is 19.3 Å². The van der Waals surface area contributed by atoms with Crippen LogP contribution in [0.25, 0.3) is 0 Å². The first-order valence-corrected chi connectivity index (χ1v) is 7.02. The van der Waals surface area contributed by atoms with Gasteiger partial charge in [0.25, 0.3) is 0 Å². The highest BCUT2D eigenvalue weighted by molar-refractivity contribution is 5.85. The smallest absolute Gasteiger partial charge is 0.318 e. The lowest BCUT2D eigenvalue weighted by atomic mass is 9.48. The lowest BCUT2D eigenvalue weighted by molar-refractivity contribution is -0.188. The van der Waals surface area contributed by atoms with Gasteiger partial charge in [0.05, 0.1) is 19.3 Å². The minimum atomic E-state index is -0.661. The molecule has 6 atom stereocenters. The maximum Gasteiger partial charge on any atom is 0.318 e. The van der Waals surface area contributed by atoms with Gasteiger partial charge in [-0.25, -0.2) is 0 Å². The summed E-state index contributed by atoms with van der Waals surface area (Å²) >= 11 is 0. The first-order chi connectivity index (χ1) is 9.19. The van der Waals surface area contributed by atoms with E-state index in [-0.39, 0.29) is 24.1 Å². The van der Waals surface area contributed by atoms with Crippen LogP contribution in [0.1, 0.15) is 19.3 Å². The molecule has 2 unspecified atom stereocenters. The van der Waals surface area contributed by atoms with E-state index in [0.29, 0.717) is 0 Å². The zero-order valence-electron chi connectivity index (χ0n) is 10.8. The topological polar surface area (TPSA) is 44.8 Å². The second-order valence-corrected chi connectivity index (χ2v) is 6.34. The summed E-state index contributed by atoms with van der Waals surface area (Å²) < 4.78 is 17.7. The molecular formula is C15H16O4. The molecule has 19 heavy (non-hydrogen) atoms. The van der Waals surface area contributed by atoms with Crippen molar-refractivity contribution >= 4 is 5.97 Å². The number of carbonyl (C=O) groups is 1. The summed E-state index contributed by atoms with van der Waals surface area (Å²) in [6, 6.07) is 0. The van der Waals surface area contributed by atoms with Crippen LogP contribution in [0, 0.1) is 11.3 Å². The number of hydrogen-bond donors (Lipinski definition) is 0. The molecule has 4 aliphatic heterocycles. The Morgan fingerprint density at radius 1 is 1.16 bits per heavy atom. The minimum Gasteiger partial charge on any atom is -0.468 e. The third-order valence-electron chi connectivity index (χ3n) is 5.95. The van der Waals surface area contributed by atoms with Crippen molar-refractivity contribution < 1.29 is 19.0 Å². The fraction of sp³-hybridized carbons (Fsp3) is 0.667. The van der Waals surface area contributed by atoms with Crippen LogP contribution in [0.15, 0.2) is 24.3 Å². The van der Waals surface area contributed by atoms with Crippen LogP contribution >= 0.6 is 0 Å². The largest absolute Gasteiger partial charge is 0.468 e. The minimum absolute atomic E-state index is 0.00553. The quantitative estimate of drug-likeness (QED) is 0.527. The number of methoxy groups -OCH3 is 1. The highest BCUT2D eigenvalue weighted by atomic mass is 16.6. The van der Waals surface area contributed by atoms with Gasteiger partial charge in [-0.2, -0.15) is 0 Å². The van der Waals surface area contributed by atoms with Crippen LogP contribution in [0.2, 0.25) is 0 Å². The van der Waals surface area contributed by atoms with Crippen LogP contribution in [0.4, 0.5) is 0 Å². The average Bonchev–Trinajstić information content (AvgIpc) is 3.13. The van der Waals surface area contributed by atoms with E-state index < -0.39 is 16.6 Å². The fourth-order valence-corrected chi connectivity index (χ4v) is 5.52. The Kier molecular flexibility index (Phi) is 1.57. The Labute approximate surface area is 111 Å². The van der Waals surface area contributed by atoms with E-state index in [1.165, 1.54) is 7.11 Å². The predicted octanol–water partition coefficient (Wildman–Crippen LogP) is 1.36. The second-order valence-electron chi connectivity index (χ2n) is 6.34. The van der Waals surface area contributed by atoms with Crippen molar-refractivity contribution in [2.24, 2.45) is 11.3 Å². The zero-order valence-corrected chi connectivity index (χ0v) is 10.8. The van der Waals surface area contributed by atoms with Gasteiger partial charge in [-0.15, -0.1) is 0 Å². The van der Waals surface area contributed by atoms with Gasteiger partial charge in [-0.05, 0) is 19.3 Å². The summed E-state index contributed by atoms with van der Waals surface area (Å²) in [4.78, 5) is 12.8. The second kappa shape index (κ2) is 2.81. The average molecular weight is 260 g/mol. The third kappa shape index (κ3) is 0.786. The molecule has 0 aromatic heterocycles. The van der Waals surface area contributed by atoms with E-state index in [4.69, 9.17) is 14.2 Å². The van der Waals surface area contributed by atoms with Gasteiger partial charge < -0.3 is 14.2 Å². The Bertz CT molecular complexity index is 514. The molecule has 4 nitrogen and oxygen atoms in total. The molecule has 0 aromatic rings. The van der Waals surface area contributed by atoms with Crippen LogP contribution in [-0.2, 0) is 19.0 Å². The number of rotatable bonds is 1. The molecule has 100 valence electrons. The molecule has 3 fully saturated rings. The molecular weight excluding hydrogens is 244 g/mol. The zero-order chi connectivity index (χ0) is 12.9. The van der Waals surface area contributed by atoms with E-state index in [1.807, 2.05) is 0 Å². The molecule has 0 radical (unpaired) electrons. The van der Waals surface area contributed by atoms with Crippen LogP contribution in [0.5, 0.6) is 0 Å². The Hall–Kier alpha value is -1.13. The number of ether oxygens (including phenoxy) is 3. The van der Waals surface area contributed by atoms with Crippen LogP contribution in [0.3, 0.4) is 0 Å². The van der Waals surface area contributed by atoms with Gasteiger partial charge in [0.15, 0.2) is 0 Å². The van der Waals surface area contributed by atoms with Gasteiger partial charge in [0.1, 0.15) is 16.6 Å². The van der Waals surface area contributed by atoms with Gasteiger partial charge >= 0.3 is 5.97 Å².